The van der Waals surface area contributed by atoms with Crippen molar-refractivity contribution >= 4 is 39.8 Å². The van der Waals surface area contributed by atoms with Gasteiger partial charge in [-0.05, 0) is 24.6 Å². The summed E-state index contributed by atoms with van der Waals surface area (Å²) >= 11 is 9.45. The number of hydrogen-bond donors (Lipinski definition) is 1. The van der Waals surface area contributed by atoms with E-state index < -0.39 is 0 Å². The second-order valence-electron chi connectivity index (χ2n) is 3.56. The quantitative estimate of drug-likeness (QED) is 0.840. The summed E-state index contributed by atoms with van der Waals surface area (Å²) < 4.78 is 1.26. The van der Waals surface area contributed by atoms with Crippen LogP contribution in [0.4, 0.5) is 5.13 Å². The van der Waals surface area contributed by atoms with Crippen LogP contribution in [0.25, 0.3) is 0 Å². The van der Waals surface area contributed by atoms with Crippen molar-refractivity contribution < 1.29 is 0 Å². The largest absolute Gasteiger partial charge is 0.365 e. The van der Waals surface area contributed by atoms with Gasteiger partial charge in [0, 0.05) is 17.8 Å². The minimum atomic E-state index is 0.792. The minimum Gasteiger partial charge on any atom is -0.365 e. The fourth-order valence-corrected chi connectivity index (χ4v) is 3.65. The molecule has 0 bridgehead atoms. The smallest absolute Gasteiger partial charge is 0.183 e. The number of hydrogen-bond acceptors (Lipinski definition) is 4. The lowest BCUT2D eigenvalue weighted by Crippen LogP contribution is -1.84. The third kappa shape index (κ3) is 3.37. The van der Waals surface area contributed by atoms with Gasteiger partial charge < -0.3 is 5.32 Å². The zero-order valence-corrected chi connectivity index (χ0v) is 12.0. The molecule has 0 saturated carbocycles. The molecule has 0 aliphatic carbocycles. The summed E-state index contributed by atoms with van der Waals surface area (Å²) in [6.07, 6.45) is 0. The van der Waals surface area contributed by atoms with Crippen LogP contribution >= 0.6 is 34.7 Å². The molecule has 0 unspecified atom stereocenters. The molecule has 0 aliphatic rings. The zero-order valence-electron chi connectivity index (χ0n) is 9.66. The minimum absolute atomic E-state index is 0.792. The first kappa shape index (κ1) is 12.7. The number of thiazole rings is 1. The molecule has 1 N–H and O–H groups in total. The zero-order chi connectivity index (χ0) is 12.3. The van der Waals surface area contributed by atoms with Crippen LogP contribution in [0, 0.1) is 6.92 Å². The summed E-state index contributed by atoms with van der Waals surface area (Å²) in [6, 6.07) is 7.97. The van der Waals surface area contributed by atoms with Gasteiger partial charge in [0.05, 0.1) is 9.90 Å². The summed E-state index contributed by atoms with van der Waals surface area (Å²) in [5, 5.41) is 4.83. The van der Waals surface area contributed by atoms with Crippen molar-refractivity contribution in [1.29, 1.82) is 0 Å². The van der Waals surface area contributed by atoms with Gasteiger partial charge in [-0.2, -0.15) is 0 Å². The first-order valence-electron chi connectivity index (χ1n) is 5.21. The molecule has 0 amide bonds. The lowest BCUT2D eigenvalue weighted by Gasteiger charge is -2.00. The number of nitrogens with one attached hydrogen (secondary N) is 1. The molecule has 5 heteroatoms. The Morgan fingerprint density at radius 1 is 1.47 bits per heavy atom. The molecule has 0 aliphatic heterocycles. The maximum absolute atomic E-state index is 5.96. The fourth-order valence-electron chi connectivity index (χ4n) is 1.40. The van der Waals surface area contributed by atoms with Gasteiger partial charge in [0.1, 0.15) is 0 Å². The normalized spacial score (nSPS) is 10.5. The molecule has 1 aromatic carbocycles. The van der Waals surface area contributed by atoms with E-state index in [9.17, 15) is 0 Å². The Balaban J connectivity index is 2.04. The Kier molecular flexibility index (Phi) is 4.31. The van der Waals surface area contributed by atoms with Crippen molar-refractivity contribution in [3.05, 3.63) is 40.5 Å². The molecule has 2 aromatic rings. The molecule has 0 fully saturated rings. The Morgan fingerprint density at radius 2 is 2.29 bits per heavy atom. The van der Waals surface area contributed by atoms with E-state index in [-0.39, 0.29) is 0 Å². The topological polar surface area (TPSA) is 24.9 Å². The van der Waals surface area contributed by atoms with Gasteiger partial charge in [0.25, 0.3) is 0 Å². The van der Waals surface area contributed by atoms with Crippen LogP contribution < -0.4 is 5.32 Å². The standard InChI is InChI=1S/C12H13ClN2S2/c1-8-11(17-12(14-2)15-8)16-7-9-4-3-5-10(13)6-9/h3-6H,7H2,1-2H3,(H,14,15). The van der Waals surface area contributed by atoms with Crippen molar-refractivity contribution in [2.75, 3.05) is 12.4 Å². The van der Waals surface area contributed by atoms with Crippen LogP contribution in [0.3, 0.4) is 0 Å². The van der Waals surface area contributed by atoms with Gasteiger partial charge in [-0.3, -0.25) is 0 Å². The SMILES string of the molecule is CNc1nc(C)c(SCc2cccc(Cl)c2)s1. The molecular weight excluding hydrogens is 272 g/mol. The Morgan fingerprint density at radius 3 is 2.94 bits per heavy atom. The molecule has 1 aromatic heterocycles. The highest BCUT2D eigenvalue weighted by Crippen LogP contribution is 2.34. The number of thioether (sulfide) groups is 1. The van der Waals surface area contributed by atoms with Crippen LogP contribution in [0.15, 0.2) is 28.5 Å². The Hall–Kier alpha value is -0.710. The van der Waals surface area contributed by atoms with E-state index in [1.807, 2.05) is 32.2 Å². The molecule has 0 spiro atoms. The number of anilines is 1. The second kappa shape index (κ2) is 5.76. The number of rotatable bonds is 4. The van der Waals surface area contributed by atoms with E-state index in [2.05, 4.69) is 16.4 Å². The molecule has 2 rings (SSSR count). The Bertz CT molecular complexity index is 511. The van der Waals surface area contributed by atoms with E-state index in [1.165, 1.54) is 9.77 Å². The predicted octanol–water partition coefficient (Wildman–Crippen LogP) is 4.44. The summed E-state index contributed by atoms with van der Waals surface area (Å²) in [5.41, 5.74) is 2.33. The van der Waals surface area contributed by atoms with Crippen LogP contribution in [0.2, 0.25) is 5.02 Å². The number of aryl methyl sites for hydroxylation is 1. The van der Waals surface area contributed by atoms with E-state index in [0.29, 0.717) is 0 Å². The van der Waals surface area contributed by atoms with E-state index in [4.69, 9.17) is 11.6 Å². The molecule has 0 saturated heterocycles. The molecule has 17 heavy (non-hydrogen) atoms. The average molecular weight is 285 g/mol. The highest BCUT2D eigenvalue weighted by molar-refractivity contribution is 8.00. The van der Waals surface area contributed by atoms with E-state index >= 15 is 0 Å². The highest BCUT2D eigenvalue weighted by atomic mass is 35.5. The third-order valence-corrected chi connectivity index (χ3v) is 5.07. The van der Waals surface area contributed by atoms with Crippen LogP contribution in [0.1, 0.15) is 11.3 Å². The highest BCUT2D eigenvalue weighted by Gasteiger charge is 2.07. The van der Waals surface area contributed by atoms with E-state index in [0.717, 1.165) is 21.6 Å². The lowest BCUT2D eigenvalue weighted by molar-refractivity contribution is 1.20. The molecule has 2 nitrogen and oxygen atoms in total. The summed E-state index contributed by atoms with van der Waals surface area (Å²) in [7, 11) is 1.89. The van der Waals surface area contributed by atoms with Gasteiger partial charge in [-0.15, -0.1) is 11.8 Å². The van der Waals surface area contributed by atoms with Gasteiger partial charge >= 0.3 is 0 Å². The van der Waals surface area contributed by atoms with Crippen molar-refractivity contribution in [3.8, 4) is 0 Å². The van der Waals surface area contributed by atoms with E-state index in [1.54, 1.807) is 23.1 Å². The maximum atomic E-state index is 5.96. The molecule has 1 heterocycles. The summed E-state index contributed by atoms with van der Waals surface area (Å²) in [6.45, 7) is 2.04. The molecular formula is C12H13ClN2S2. The van der Waals surface area contributed by atoms with Crippen molar-refractivity contribution in [2.45, 2.75) is 16.9 Å². The number of benzene rings is 1. The van der Waals surface area contributed by atoms with Gasteiger partial charge in [-0.25, -0.2) is 4.98 Å². The first-order valence-corrected chi connectivity index (χ1v) is 7.39. The average Bonchev–Trinajstić information content (AvgIpc) is 2.68. The Labute approximate surface area is 114 Å². The molecule has 0 atom stereocenters. The van der Waals surface area contributed by atoms with Gasteiger partial charge in [0.15, 0.2) is 5.13 Å². The summed E-state index contributed by atoms with van der Waals surface area (Å²) in [4.78, 5) is 4.42. The second-order valence-corrected chi connectivity index (χ2v) is 6.24. The lowest BCUT2D eigenvalue weighted by atomic mass is 10.2. The van der Waals surface area contributed by atoms with Gasteiger partial charge in [-0.1, -0.05) is 35.1 Å². The fraction of sp³-hybridized carbons (Fsp3) is 0.250. The van der Waals surface area contributed by atoms with Crippen LogP contribution in [-0.4, -0.2) is 12.0 Å². The maximum Gasteiger partial charge on any atom is 0.183 e. The summed E-state index contributed by atoms with van der Waals surface area (Å²) in [5.74, 6) is 0.923. The van der Waals surface area contributed by atoms with Crippen LogP contribution in [0.5, 0.6) is 0 Å². The van der Waals surface area contributed by atoms with Crippen molar-refractivity contribution in [1.82, 2.24) is 4.98 Å². The number of nitrogens with zero attached hydrogens (tertiary/aromatic N) is 1. The predicted molar refractivity (Wildman–Crippen MR) is 77.4 cm³/mol. The van der Waals surface area contributed by atoms with Gasteiger partial charge in [0.2, 0.25) is 0 Å². The van der Waals surface area contributed by atoms with Crippen molar-refractivity contribution in [2.24, 2.45) is 0 Å². The van der Waals surface area contributed by atoms with Crippen LogP contribution in [-0.2, 0) is 5.75 Å². The third-order valence-electron chi connectivity index (χ3n) is 2.23. The molecule has 90 valence electrons. The number of aromatic nitrogens is 1. The molecule has 0 radical (unpaired) electrons. The van der Waals surface area contributed by atoms with Crippen molar-refractivity contribution in [3.63, 3.8) is 0 Å². The number of halogens is 1. The first-order chi connectivity index (χ1) is 8.19. The monoisotopic (exact) mass is 284 g/mol.